The van der Waals surface area contributed by atoms with Crippen molar-refractivity contribution in [1.82, 2.24) is 4.98 Å². The first-order valence-corrected chi connectivity index (χ1v) is 7.23. The van der Waals surface area contributed by atoms with Crippen molar-refractivity contribution in [1.29, 1.82) is 5.26 Å². The Morgan fingerprint density at radius 2 is 1.84 bits per heavy atom. The average molecular weight is 334 g/mol. The maximum Gasteiger partial charge on any atom is 0.339 e. The van der Waals surface area contributed by atoms with E-state index in [0.717, 1.165) is 12.3 Å². The van der Waals surface area contributed by atoms with Crippen molar-refractivity contribution in [2.45, 2.75) is 0 Å². The van der Waals surface area contributed by atoms with E-state index in [9.17, 15) is 19.6 Å². The minimum absolute atomic E-state index is 0.105. The number of halogens is 1. The first kappa shape index (κ1) is 16.1. The number of aromatic nitrogens is 1. The van der Waals surface area contributed by atoms with Gasteiger partial charge in [0.1, 0.15) is 17.1 Å². The molecular weight excluding hydrogens is 323 g/mol. The quantitative estimate of drug-likeness (QED) is 0.759. The summed E-state index contributed by atoms with van der Waals surface area (Å²) < 4.78 is 14.7. The summed E-state index contributed by atoms with van der Waals surface area (Å²) in [6, 6.07) is 14.4. The molecule has 0 aliphatic heterocycles. The fourth-order valence-electron chi connectivity index (χ4n) is 2.52. The number of aromatic hydroxyl groups is 1. The van der Waals surface area contributed by atoms with Crippen LogP contribution in [0.15, 0.2) is 54.7 Å². The summed E-state index contributed by atoms with van der Waals surface area (Å²) in [6.45, 7) is 0. The van der Waals surface area contributed by atoms with Crippen molar-refractivity contribution in [3.05, 3.63) is 71.7 Å². The van der Waals surface area contributed by atoms with Crippen LogP contribution in [0.2, 0.25) is 0 Å². The zero-order valence-corrected chi connectivity index (χ0v) is 12.8. The van der Waals surface area contributed by atoms with Crippen molar-refractivity contribution in [3.8, 4) is 34.2 Å². The lowest BCUT2D eigenvalue weighted by atomic mass is 9.96. The maximum atomic E-state index is 14.7. The Kier molecular flexibility index (Phi) is 4.14. The number of carboxylic acids is 1. The summed E-state index contributed by atoms with van der Waals surface area (Å²) in [6.07, 6.45) is 0.980. The minimum Gasteiger partial charge on any atom is -0.505 e. The topological polar surface area (TPSA) is 94.2 Å². The Hall–Kier alpha value is -3.72. The van der Waals surface area contributed by atoms with Crippen LogP contribution >= 0.6 is 0 Å². The number of nitrogens with zero attached hydrogens (tertiary/aromatic N) is 2. The van der Waals surface area contributed by atoms with Gasteiger partial charge in [-0.1, -0.05) is 30.3 Å². The third kappa shape index (κ3) is 3.03. The van der Waals surface area contributed by atoms with Gasteiger partial charge in [0.05, 0.1) is 23.5 Å². The smallest absolute Gasteiger partial charge is 0.339 e. The van der Waals surface area contributed by atoms with Crippen LogP contribution in [-0.2, 0) is 0 Å². The second kappa shape index (κ2) is 6.42. The highest BCUT2D eigenvalue weighted by atomic mass is 19.1. The fraction of sp³-hybridized carbons (Fsp3) is 0. The lowest BCUT2D eigenvalue weighted by Gasteiger charge is -2.10. The lowest BCUT2D eigenvalue weighted by molar-refractivity contribution is 0.0693. The van der Waals surface area contributed by atoms with Gasteiger partial charge in [-0.15, -0.1) is 0 Å². The summed E-state index contributed by atoms with van der Waals surface area (Å²) in [5.41, 5.74) is 0.877. The molecule has 0 amide bonds. The van der Waals surface area contributed by atoms with Crippen molar-refractivity contribution in [2.24, 2.45) is 0 Å². The predicted molar refractivity (Wildman–Crippen MR) is 88.4 cm³/mol. The van der Waals surface area contributed by atoms with Crippen molar-refractivity contribution in [2.75, 3.05) is 0 Å². The molecule has 2 aromatic carbocycles. The standard InChI is InChI=1S/C19H11FN2O3/c20-15-7-12(16-8-14(19(24)25)17(23)10-22-16)6-13(9-21)18(15)11-4-2-1-3-5-11/h1-8,10,23H,(H,24,25). The summed E-state index contributed by atoms with van der Waals surface area (Å²) in [5.74, 6) is -2.44. The van der Waals surface area contributed by atoms with E-state index in [-0.39, 0.29) is 27.9 Å². The molecule has 3 rings (SSSR count). The highest BCUT2D eigenvalue weighted by Crippen LogP contribution is 2.32. The van der Waals surface area contributed by atoms with E-state index in [1.165, 1.54) is 12.1 Å². The number of benzene rings is 2. The molecular formula is C19H11FN2O3. The summed E-state index contributed by atoms with van der Waals surface area (Å²) in [5, 5.41) is 28.0. The first-order valence-electron chi connectivity index (χ1n) is 7.23. The number of hydrogen-bond donors (Lipinski definition) is 2. The zero-order chi connectivity index (χ0) is 18.0. The van der Waals surface area contributed by atoms with Gasteiger partial charge in [-0.2, -0.15) is 5.26 Å². The Labute approximate surface area is 142 Å². The van der Waals surface area contributed by atoms with Gasteiger partial charge >= 0.3 is 5.97 Å². The average Bonchev–Trinajstić information content (AvgIpc) is 2.61. The number of aromatic carboxylic acids is 1. The normalized spacial score (nSPS) is 10.2. The van der Waals surface area contributed by atoms with Gasteiger partial charge in [-0.05, 0) is 23.8 Å². The molecule has 0 saturated heterocycles. The molecule has 0 aliphatic carbocycles. The molecule has 6 heteroatoms. The van der Waals surface area contributed by atoms with Gasteiger partial charge in [0.2, 0.25) is 0 Å². The molecule has 0 bridgehead atoms. The van der Waals surface area contributed by atoms with E-state index in [1.54, 1.807) is 30.3 Å². The third-order valence-corrected chi connectivity index (χ3v) is 3.68. The molecule has 1 aromatic heterocycles. The number of nitriles is 1. The number of rotatable bonds is 3. The molecule has 1 heterocycles. The SMILES string of the molecule is N#Cc1cc(-c2cc(C(=O)O)c(O)cn2)cc(F)c1-c1ccccc1. The molecule has 3 aromatic rings. The van der Waals surface area contributed by atoms with Crippen LogP contribution in [0.4, 0.5) is 4.39 Å². The number of hydrogen-bond acceptors (Lipinski definition) is 4. The predicted octanol–water partition coefficient (Wildman–Crippen LogP) is 3.83. The molecule has 0 fully saturated rings. The molecule has 0 radical (unpaired) electrons. The number of carbonyl (C=O) groups is 1. The van der Waals surface area contributed by atoms with E-state index in [0.29, 0.717) is 5.56 Å². The molecule has 0 spiro atoms. The molecule has 5 nitrogen and oxygen atoms in total. The second-order valence-electron chi connectivity index (χ2n) is 5.25. The molecule has 25 heavy (non-hydrogen) atoms. The van der Waals surface area contributed by atoms with Crippen molar-refractivity contribution in [3.63, 3.8) is 0 Å². The van der Waals surface area contributed by atoms with Crippen LogP contribution in [0.3, 0.4) is 0 Å². The molecule has 0 saturated carbocycles. The zero-order valence-electron chi connectivity index (χ0n) is 12.8. The van der Waals surface area contributed by atoms with E-state index in [4.69, 9.17) is 5.11 Å². The first-order chi connectivity index (χ1) is 12.0. The Morgan fingerprint density at radius 3 is 2.48 bits per heavy atom. The number of pyridine rings is 1. The Balaban J connectivity index is 2.18. The molecule has 0 unspecified atom stereocenters. The van der Waals surface area contributed by atoms with Crippen molar-refractivity contribution < 1.29 is 19.4 Å². The molecule has 2 N–H and O–H groups in total. The fourth-order valence-corrected chi connectivity index (χ4v) is 2.52. The second-order valence-corrected chi connectivity index (χ2v) is 5.25. The van der Waals surface area contributed by atoms with Gasteiger partial charge in [0, 0.05) is 11.1 Å². The van der Waals surface area contributed by atoms with Crippen LogP contribution in [0.1, 0.15) is 15.9 Å². The van der Waals surface area contributed by atoms with Gasteiger partial charge < -0.3 is 10.2 Å². The minimum atomic E-state index is -1.33. The Morgan fingerprint density at radius 1 is 1.12 bits per heavy atom. The number of carboxylic acid groups (broad SMARTS) is 1. The van der Waals surface area contributed by atoms with Crippen LogP contribution in [0, 0.1) is 17.1 Å². The van der Waals surface area contributed by atoms with Gasteiger partial charge in [0.15, 0.2) is 0 Å². The highest BCUT2D eigenvalue weighted by Gasteiger charge is 2.17. The van der Waals surface area contributed by atoms with Gasteiger partial charge in [-0.25, -0.2) is 9.18 Å². The van der Waals surface area contributed by atoms with Gasteiger partial charge in [-0.3, -0.25) is 4.98 Å². The summed E-state index contributed by atoms with van der Waals surface area (Å²) >= 11 is 0. The van der Waals surface area contributed by atoms with E-state index in [2.05, 4.69) is 4.98 Å². The van der Waals surface area contributed by atoms with E-state index < -0.39 is 17.5 Å². The largest absolute Gasteiger partial charge is 0.505 e. The van der Waals surface area contributed by atoms with Crippen molar-refractivity contribution >= 4 is 5.97 Å². The van der Waals surface area contributed by atoms with Crippen LogP contribution in [-0.4, -0.2) is 21.2 Å². The third-order valence-electron chi connectivity index (χ3n) is 3.68. The Bertz CT molecular complexity index is 1010. The summed E-state index contributed by atoms with van der Waals surface area (Å²) in [4.78, 5) is 15.0. The van der Waals surface area contributed by atoms with Gasteiger partial charge in [0.25, 0.3) is 0 Å². The van der Waals surface area contributed by atoms with Crippen LogP contribution in [0.25, 0.3) is 22.4 Å². The van der Waals surface area contributed by atoms with Crippen LogP contribution < -0.4 is 0 Å². The van der Waals surface area contributed by atoms with E-state index >= 15 is 0 Å². The lowest BCUT2D eigenvalue weighted by Crippen LogP contribution is -1.99. The molecule has 0 atom stereocenters. The monoisotopic (exact) mass is 334 g/mol. The van der Waals surface area contributed by atoms with Crippen LogP contribution in [0.5, 0.6) is 5.75 Å². The maximum absolute atomic E-state index is 14.7. The molecule has 0 aliphatic rings. The van der Waals surface area contributed by atoms with E-state index in [1.807, 2.05) is 6.07 Å². The molecule has 122 valence electrons. The highest BCUT2D eigenvalue weighted by molar-refractivity contribution is 5.92. The summed E-state index contributed by atoms with van der Waals surface area (Å²) in [7, 11) is 0.